The van der Waals surface area contributed by atoms with E-state index in [9.17, 15) is 23.1 Å². The topological polar surface area (TPSA) is 125 Å². The summed E-state index contributed by atoms with van der Waals surface area (Å²) in [5, 5.41) is 16.8. The van der Waals surface area contributed by atoms with Gasteiger partial charge in [0.1, 0.15) is 6.61 Å². The number of sulfonamides is 1. The third-order valence-electron chi connectivity index (χ3n) is 8.41. The lowest BCUT2D eigenvalue weighted by Crippen LogP contribution is -2.49. The summed E-state index contributed by atoms with van der Waals surface area (Å²) in [6.07, 6.45) is 4.12. The number of aliphatic hydroxyl groups excluding tert-OH is 1. The fourth-order valence-electron chi connectivity index (χ4n) is 5.99. The van der Waals surface area contributed by atoms with Crippen molar-refractivity contribution in [3.63, 3.8) is 0 Å². The zero-order chi connectivity index (χ0) is 30.9. The van der Waals surface area contributed by atoms with E-state index in [2.05, 4.69) is 10.6 Å². The molecule has 10 heteroatoms. The molecule has 44 heavy (non-hydrogen) atoms. The molecule has 0 aromatic heterocycles. The maximum absolute atomic E-state index is 13.8. The smallest absolute Gasteiger partial charge is 0.407 e. The minimum atomic E-state index is -3.47. The maximum atomic E-state index is 13.8. The molecule has 1 aliphatic carbocycles. The van der Waals surface area contributed by atoms with E-state index in [0.717, 1.165) is 48.8 Å². The number of carbonyl (C=O) groups is 2. The first-order valence-corrected chi connectivity index (χ1v) is 17.0. The van der Waals surface area contributed by atoms with Crippen molar-refractivity contribution in [1.29, 1.82) is 0 Å². The van der Waals surface area contributed by atoms with Gasteiger partial charge in [-0.3, -0.25) is 9.10 Å². The fourth-order valence-corrected chi connectivity index (χ4v) is 7.61. The average molecular weight is 620 g/mol. The number of alkyl carbamates (subject to hydrolysis) is 1. The third-order valence-corrected chi connectivity index (χ3v) is 10.3. The van der Waals surface area contributed by atoms with Crippen LogP contribution in [-0.4, -0.2) is 56.5 Å². The van der Waals surface area contributed by atoms with Crippen molar-refractivity contribution in [3.8, 4) is 0 Å². The molecule has 234 valence electrons. The van der Waals surface area contributed by atoms with E-state index in [1.165, 1.54) is 4.31 Å². The van der Waals surface area contributed by atoms with Gasteiger partial charge in [-0.15, -0.1) is 0 Å². The minimum absolute atomic E-state index is 0.0916. The number of hydrogen-bond donors (Lipinski definition) is 3. The molecule has 0 unspecified atom stereocenters. The fraction of sp³-hybridized carbons (Fsp3) is 0.412. The highest BCUT2D eigenvalue weighted by Gasteiger charge is 2.29. The quantitative estimate of drug-likeness (QED) is 0.280. The Kier molecular flexibility index (Phi) is 10.6. The summed E-state index contributed by atoms with van der Waals surface area (Å²) in [6, 6.07) is 23.5. The Hall–Kier alpha value is -3.89. The number of ether oxygens (including phenoxy) is 1. The Labute approximate surface area is 259 Å². The van der Waals surface area contributed by atoms with Crippen LogP contribution in [0.1, 0.15) is 71.5 Å². The molecule has 9 nitrogen and oxygen atoms in total. The van der Waals surface area contributed by atoms with Crippen LogP contribution in [0.4, 0.5) is 10.5 Å². The molecule has 1 heterocycles. The standard InChI is InChI=1S/C34H41N3O6S/c38-32(23-35-34(40)43-24-26-13-5-2-6-14-26)31(19-25-11-3-1-4-12-25)36-33(39)29-20-28(27-15-7-8-16-27)21-30(22-29)37-17-9-10-18-44(37,41)42/h1-6,11-14,20-22,27,31-32,38H,7-10,15-19,23-24H2,(H,35,40)(H,36,39)/t31-,32+/m0/s1. The number of aliphatic hydroxyl groups is 1. The lowest BCUT2D eigenvalue weighted by atomic mass is 9.94. The van der Waals surface area contributed by atoms with E-state index in [-0.39, 0.29) is 24.8 Å². The van der Waals surface area contributed by atoms with Gasteiger partial charge in [-0.05, 0) is 72.9 Å². The lowest BCUT2D eigenvalue weighted by Gasteiger charge is -2.30. The van der Waals surface area contributed by atoms with E-state index in [1.54, 1.807) is 6.07 Å². The average Bonchev–Trinajstić information content (AvgIpc) is 3.58. The van der Waals surface area contributed by atoms with Gasteiger partial charge in [-0.1, -0.05) is 73.5 Å². The van der Waals surface area contributed by atoms with Crippen LogP contribution in [0.15, 0.2) is 78.9 Å². The second-order valence-corrected chi connectivity index (χ2v) is 13.7. The summed E-state index contributed by atoms with van der Waals surface area (Å²) in [5.74, 6) is -0.0492. The normalized spacial score (nSPS) is 17.9. The summed E-state index contributed by atoms with van der Waals surface area (Å²) in [4.78, 5) is 26.2. The van der Waals surface area contributed by atoms with Crippen LogP contribution in [0.2, 0.25) is 0 Å². The summed E-state index contributed by atoms with van der Waals surface area (Å²) >= 11 is 0. The SMILES string of the molecule is O=C(NC[C@@H](O)[C@H](Cc1ccccc1)NC(=O)c1cc(C2CCCC2)cc(N2CCCCS2(=O)=O)c1)OCc1ccccc1. The predicted octanol–water partition coefficient (Wildman–Crippen LogP) is 4.90. The van der Waals surface area contributed by atoms with Gasteiger partial charge in [-0.25, -0.2) is 13.2 Å². The van der Waals surface area contributed by atoms with Crippen LogP contribution in [-0.2, 0) is 27.8 Å². The van der Waals surface area contributed by atoms with Crippen molar-refractivity contribution < 1.29 is 27.9 Å². The first kappa shape index (κ1) is 31.5. The van der Waals surface area contributed by atoms with Crippen LogP contribution in [0.5, 0.6) is 0 Å². The molecule has 2 atom stereocenters. The largest absolute Gasteiger partial charge is 0.445 e. The molecule has 1 saturated carbocycles. The van der Waals surface area contributed by atoms with Gasteiger partial charge in [0, 0.05) is 18.7 Å². The van der Waals surface area contributed by atoms with E-state index in [0.29, 0.717) is 30.6 Å². The highest BCUT2D eigenvalue weighted by atomic mass is 32.2. The maximum Gasteiger partial charge on any atom is 0.407 e. The van der Waals surface area contributed by atoms with Crippen molar-refractivity contribution in [2.24, 2.45) is 0 Å². The summed E-state index contributed by atoms with van der Waals surface area (Å²) in [7, 11) is -3.47. The van der Waals surface area contributed by atoms with Gasteiger partial charge in [-0.2, -0.15) is 0 Å². The molecule has 2 amide bonds. The predicted molar refractivity (Wildman–Crippen MR) is 170 cm³/mol. The van der Waals surface area contributed by atoms with E-state index < -0.39 is 34.2 Å². The monoisotopic (exact) mass is 619 g/mol. The molecule has 1 saturated heterocycles. The first-order valence-electron chi connectivity index (χ1n) is 15.4. The molecule has 2 aliphatic rings. The molecular formula is C34H41N3O6S. The molecule has 0 radical (unpaired) electrons. The van der Waals surface area contributed by atoms with E-state index in [1.807, 2.05) is 72.8 Å². The van der Waals surface area contributed by atoms with E-state index >= 15 is 0 Å². The van der Waals surface area contributed by atoms with Crippen LogP contribution in [0, 0.1) is 0 Å². The molecule has 2 fully saturated rings. The molecule has 3 aromatic rings. The van der Waals surface area contributed by atoms with Gasteiger partial charge < -0.3 is 20.5 Å². The Morgan fingerprint density at radius 1 is 0.909 bits per heavy atom. The van der Waals surface area contributed by atoms with Gasteiger partial charge in [0.15, 0.2) is 0 Å². The number of nitrogens with zero attached hydrogens (tertiary/aromatic N) is 1. The summed E-state index contributed by atoms with van der Waals surface area (Å²) in [6.45, 7) is 0.350. The second kappa shape index (κ2) is 14.7. The van der Waals surface area contributed by atoms with Gasteiger partial charge >= 0.3 is 6.09 Å². The van der Waals surface area contributed by atoms with Crippen LogP contribution >= 0.6 is 0 Å². The zero-order valence-electron chi connectivity index (χ0n) is 24.9. The number of rotatable bonds is 11. The highest BCUT2D eigenvalue weighted by Crippen LogP contribution is 2.37. The first-order chi connectivity index (χ1) is 21.3. The zero-order valence-corrected chi connectivity index (χ0v) is 25.7. The number of amides is 2. The van der Waals surface area contributed by atoms with Crippen LogP contribution < -0.4 is 14.9 Å². The Morgan fingerprint density at radius 2 is 1.59 bits per heavy atom. The number of anilines is 1. The Morgan fingerprint density at radius 3 is 2.27 bits per heavy atom. The molecule has 3 aromatic carbocycles. The summed E-state index contributed by atoms with van der Waals surface area (Å²) < 4.78 is 32.6. The van der Waals surface area contributed by atoms with E-state index in [4.69, 9.17) is 4.74 Å². The van der Waals surface area contributed by atoms with Crippen molar-refractivity contribution in [2.75, 3.05) is 23.1 Å². The van der Waals surface area contributed by atoms with Crippen LogP contribution in [0.25, 0.3) is 0 Å². The lowest BCUT2D eigenvalue weighted by molar-refractivity contribution is 0.0818. The molecule has 1 aliphatic heterocycles. The number of nitrogens with one attached hydrogen (secondary N) is 2. The number of carbonyl (C=O) groups excluding carboxylic acids is 2. The van der Waals surface area contributed by atoms with Crippen LogP contribution in [0.3, 0.4) is 0 Å². The second-order valence-electron chi connectivity index (χ2n) is 11.7. The van der Waals surface area contributed by atoms with Gasteiger partial charge in [0.25, 0.3) is 5.91 Å². The summed E-state index contributed by atoms with van der Waals surface area (Å²) in [5.41, 5.74) is 3.58. The molecule has 0 bridgehead atoms. The molecular weight excluding hydrogens is 578 g/mol. The molecule has 0 spiro atoms. The van der Waals surface area contributed by atoms with Gasteiger partial charge in [0.05, 0.1) is 23.6 Å². The number of hydrogen-bond acceptors (Lipinski definition) is 6. The van der Waals surface area contributed by atoms with Crippen molar-refractivity contribution in [2.45, 2.75) is 69.6 Å². The Balaban J connectivity index is 1.33. The van der Waals surface area contributed by atoms with Crippen molar-refractivity contribution >= 4 is 27.7 Å². The van der Waals surface area contributed by atoms with Crippen molar-refractivity contribution in [3.05, 3.63) is 101 Å². The minimum Gasteiger partial charge on any atom is -0.445 e. The number of benzene rings is 3. The Bertz CT molecular complexity index is 1510. The third kappa shape index (κ3) is 8.39. The van der Waals surface area contributed by atoms with Gasteiger partial charge in [0.2, 0.25) is 10.0 Å². The van der Waals surface area contributed by atoms with Crippen molar-refractivity contribution in [1.82, 2.24) is 10.6 Å². The highest BCUT2D eigenvalue weighted by molar-refractivity contribution is 7.92. The molecule has 3 N–H and O–H groups in total. The molecule has 5 rings (SSSR count).